The van der Waals surface area contributed by atoms with Crippen LogP contribution in [-0.4, -0.2) is 14.3 Å². The molecule has 1 heteroatoms. The van der Waals surface area contributed by atoms with Gasteiger partial charge in [-0.2, -0.15) is 0 Å². The first kappa shape index (κ1) is 8.86. The number of hydrogen-bond donors (Lipinski definition) is 0. The SMILES string of the molecule is Cc1cc[c]([Ge]([CH3])[CH3])cc1C. The molecule has 0 aromatic heterocycles. The monoisotopic (exact) mass is 209 g/mol. The molecule has 0 saturated carbocycles. The van der Waals surface area contributed by atoms with Crippen LogP contribution in [0.1, 0.15) is 11.1 Å². The summed E-state index contributed by atoms with van der Waals surface area (Å²) in [6.07, 6.45) is 0. The zero-order valence-electron chi connectivity index (χ0n) is 7.73. The van der Waals surface area contributed by atoms with Crippen LogP contribution in [0.5, 0.6) is 0 Å². The fourth-order valence-electron chi connectivity index (χ4n) is 1.05. The molecule has 0 bridgehead atoms. The summed E-state index contributed by atoms with van der Waals surface area (Å²) in [5, 5.41) is 0. The van der Waals surface area contributed by atoms with E-state index in [-0.39, 0.29) is 0 Å². The van der Waals surface area contributed by atoms with Gasteiger partial charge in [0.25, 0.3) is 0 Å². The van der Waals surface area contributed by atoms with Gasteiger partial charge in [-0.05, 0) is 0 Å². The molecule has 59 valence electrons. The molecule has 1 rings (SSSR count). The Morgan fingerprint density at radius 3 is 2.09 bits per heavy atom. The van der Waals surface area contributed by atoms with Crippen LogP contribution in [0.25, 0.3) is 0 Å². The molecule has 0 heterocycles. The van der Waals surface area contributed by atoms with E-state index in [1.54, 1.807) is 4.40 Å². The molecule has 0 nitrogen and oxygen atoms in total. The summed E-state index contributed by atoms with van der Waals surface area (Å²) in [7, 11) is 0. The number of rotatable bonds is 1. The summed E-state index contributed by atoms with van der Waals surface area (Å²) >= 11 is -0.822. The molecule has 1 radical (unpaired) electrons. The molecular weight excluding hydrogens is 193 g/mol. The van der Waals surface area contributed by atoms with Crippen molar-refractivity contribution in [1.29, 1.82) is 0 Å². The molecule has 0 fully saturated rings. The molecule has 0 aliphatic carbocycles. The van der Waals surface area contributed by atoms with E-state index in [0.717, 1.165) is 0 Å². The number of benzene rings is 1. The standard InChI is InChI=1S/C10H15Ge/c1-8-5-6-10(11(3)4)7-9(8)2/h5-7H,1-4H3. The maximum atomic E-state index is 2.39. The second-order valence-corrected chi connectivity index (χ2v) is 8.71. The molecule has 11 heavy (non-hydrogen) atoms. The van der Waals surface area contributed by atoms with E-state index in [4.69, 9.17) is 0 Å². The molecule has 0 saturated heterocycles. The van der Waals surface area contributed by atoms with Crippen LogP contribution in [0, 0.1) is 13.8 Å². The van der Waals surface area contributed by atoms with Crippen molar-refractivity contribution in [1.82, 2.24) is 0 Å². The second kappa shape index (κ2) is 3.44. The van der Waals surface area contributed by atoms with Crippen LogP contribution in [0.3, 0.4) is 0 Å². The Kier molecular flexibility index (Phi) is 2.77. The Morgan fingerprint density at radius 1 is 1.00 bits per heavy atom. The molecule has 0 spiro atoms. The fraction of sp³-hybridized carbons (Fsp3) is 0.400. The average Bonchev–Trinajstić information content (AvgIpc) is 1.94. The molecular formula is C10H15Ge. The zero-order chi connectivity index (χ0) is 8.43. The van der Waals surface area contributed by atoms with E-state index in [9.17, 15) is 0 Å². The molecule has 0 aliphatic rings. The van der Waals surface area contributed by atoms with Gasteiger partial charge in [0.2, 0.25) is 0 Å². The Hall–Kier alpha value is -0.237. The fourth-order valence-corrected chi connectivity index (χ4v) is 2.99. The normalized spacial score (nSPS) is 10.6. The van der Waals surface area contributed by atoms with Gasteiger partial charge in [0.05, 0.1) is 0 Å². The van der Waals surface area contributed by atoms with Crippen molar-refractivity contribution in [2.75, 3.05) is 0 Å². The van der Waals surface area contributed by atoms with Crippen molar-refractivity contribution in [2.45, 2.75) is 25.4 Å². The van der Waals surface area contributed by atoms with Gasteiger partial charge in [-0.15, -0.1) is 0 Å². The van der Waals surface area contributed by atoms with Crippen molar-refractivity contribution in [3.63, 3.8) is 0 Å². The van der Waals surface area contributed by atoms with Crippen LogP contribution < -0.4 is 4.40 Å². The molecule has 1 aromatic carbocycles. The van der Waals surface area contributed by atoms with Gasteiger partial charge in [-0.25, -0.2) is 0 Å². The van der Waals surface area contributed by atoms with Crippen molar-refractivity contribution in [2.24, 2.45) is 0 Å². The van der Waals surface area contributed by atoms with E-state index in [1.807, 2.05) is 0 Å². The van der Waals surface area contributed by atoms with E-state index in [2.05, 4.69) is 43.6 Å². The van der Waals surface area contributed by atoms with Crippen molar-refractivity contribution < 1.29 is 0 Å². The van der Waals surface area contributed by atoms with Gasteiger partial charge >= 0.3 is 73.4 Å². The van der Waals surface area contributed by atoms with Crippen molar-refractivity contribution >= 4 is 18.7 Å². The summed E-state index contributed by atoms with van der Waals surface area (Å²) in [4.78, 5) is 0. The van der Waals surface area contributed by atoms with Crippen LogP contribution in [0.4, 0.5) is 0 Å². The Morgan fingerprint density at radius 2 is 1.64 bits per heavy atom. The predicted octanol–water partition coefficient (Wildman–Crippen LogP) is 2.26. The van der Waals surface area contributed by atoms with Crippen LogP contribution >= 0.6 is 0 Å². The quantitative estimate of drug-likeness (QED) is 0.620. The number of aryl methyl sites for hydroxylation is 2. The van der Waals surface area contributed by atoms with Crippen molar-refractivity contribution in [3.8, 4) is 0 Å². The minimum absolute atomic E-state index is 0.822. The van der Waals surface area contributed by atoms with Gasteiger partial charge in [-0.1, -0.05) is 0 Å². The van der Waals surface area contributed by atoms with E-state index in [1.165, 1.54) is 11.1 Å². The zero-order valence-corrected chi connectivity index (χ0v) is 9.83. The summed E-state index contributed by atoms with van der Waals surface area (Å²) in [6.45, 7) is 4.37. The summed E-state index contributed by atoms with van der Waals surface area (Å²) in [5.74, 6) is 4.79. The van der Waals surface area contributed by atoms with Gasteiger partial charge in [0, 0.05) is 0 Å². The predicted molar refractivity (Wildman–Crippen MR) is 53.0 cm³/mol. The summed E-state index contributed by atoms with van der Waals surface area (Å²) < 4.78 is 1.60. The Balaban J connectivity index is 3.05. The molecule has 0 unspecified atom stereocenters. The van der Waals surface area contributed by atoms with Gasteiger partial charge in [-0.3, -0.25) is 0 Å². The Bertz CT molecular complexity index is 251. The van der Waals surface area contributed by atoms with E-state index in [0.29, 0.717) is 0 Å². The third kappa shape index (κ3) is 2.09. The van der Waals surface area contributed by atoms with Crippen LogP contribution in [0.15, 0.2) is 18.2 Å². The van der Waals surface area contributed by atoms with E-state index < -0.39 is 14.3 Å². The third-order valence-electron chi connectivity index (χ3n) is 2.08. The average molecular weight is 208 g/mol. The number of hydrogen-bond acceptors (Lipinski definition) is 0. The molecule has 0 N–H and O–H groups in total. The summed E-state index contributed by atoms with van der Waals surface area (Å²) in [6, 6.07) is 6.88. The minimum atomic E-state index is -0.822. The second-order valence-electron chi connectivity index (χ2n) is 3.30. The van der Waals surface area contributed by atoms with Gasteiger partial charge < -0.3 is 0 Å². The van der Waals surface area contributed by atoms with Crippen molar-refractivity contribution in [3.05, 3.63) is 29.3 Å². The van der Waals surface area contributed by atoms with Crippen LogP contribution in [-0.2, 0) is 0 Å². The first-order chi connectivity index (χ1) is 5.11. The molecule has 1 aromatic rings. The molecule has 0 atom stereocenters. The van der Waals surface area contributed by atoms with E-state index >= 15 is 0 Å². The van der Waals surface area contributed by atoms with Gasteiger partial charge in [0.1, 0.15) is 0 Å². The first-order valence-electron chi connectivity index (χ1n) is 3.99. The first-order valence-corrected chi connectivity index (χ1v) is 9.23. The van der Waals surface area contributed by atoms with Gasteiger partial charge in [0.15, 0.2) is 0 Å². The summed E-state index contributed by atoms with van der Waals surface area (Å²) in [5.41, 5.74) is 2.85. The Labute approximate surface area is 73.7 Å². The molecule has 0 aliphatic heterocycles. The van der Waals surface area contributed by atoms with Crippen LogP contribution in [0.2, 0.25) is 11.5 Å². The maximum absolute atomic E-state index is 2.39. The third-order valence-corrected chi connectivity index (χ3v) is 5.16. The topological polar surface area (TPSA) is 0 Å². The molecule has 0 amide bonds.